The van der Waals surface area contributed by atoms with Gasteiger partial charge in [-0.25, -0.2) is 4.98 Å². The van der Waals surface area contributed by atoms with Gasteiger partial charge >= 0.3 is 0 Å². The third kappa shape index (κ3) is 6.66. The minimum atomic E-state index is -0.833. The number of pyridine rings is 1. The molecule has 1 fully saturated rings. The number of rotatable bonds is 5. The largest absolute Gasteiger partial charge is 0.493 e. The fourth-order valence-corrected chi connectivity index (χ4v) is 6.98. The van der Waals surface area contributed by atoms with Crippen molar-refractivity contribution in [3.8, 4) is 28.5 Å². The van der Waals surface area contributed by atoms with Crippen LogP contribution in [0.4, 0.5) is 0 Å². The number of carboxylic acids is 1. The summed E-state index contributed by atoms with van der Waals surface area (Å²) in [7, 11) is -0.673. The van der Waals surface area contributed by atoms with E-state index in [1.54, 1.807) is 0 Å². The monoisotopic (exact) mass is 565 g/mol. The van der Waals surface area contributed by atoms with Crippen molar-refractivity contribution in [3.63, 3.8) is 0 Å². The molecule has 0 spiro atoms. The van der Waals surface area contributed by atoms with Gasteiger partial charge in [0.2, 0.25) is 5.88 Å². The Morgan fingerprint density at radius 1 is 1.05 bits per heavy atom. The van der Waals surface area contributed by atoms with Gasteiger partial charge in [0.1, 0.15) is 23.7 Å². The first kappa shape index (κ1) is 29.6. The zero-order valence-electron chi connectivity index (χ0n) is 22.7. The predicted octanol–water partition coefficient (Wildman–Crippen LogP) is 6.38. The van der Waals surface area contributed by atoms with E-state index in [1.165, 1.54) is 33.4 Å². The van der Waals surface area contributed by atoms with Crippen LogP contribution in [0.5, 0.6) is 17.4 Å². The molecule has 1 N–H and O–H groups in total. The fraction of sp³-hybridized carbons (Fsp3) is 0.438. The average molecular weight is 566 g/mol. The highest BCUT2D eigenvalue weighted by Gasteiger charge is 2.28. The minimum Gasteiger partial charge on any atom is -0.493 e. The molecule has 3 aromatic rings. The molecule has 1 unspecified atom stereocenters. The van der Waals surface area contributed by atoms with E-state index < -0.39 is 16.8 Å². The molecule has 6 rings (SSSR count). The summed E-state index contributed by atoms with van der Waals surface area (Å²) in [5.41, 5.74) is 8.77. The number of carbonyl (C=O) groups is 1. The van der Waals surface area contributed by atoms with Crippen molar-refractivity contribution in [2.45, 2.75) is 72.5 Å². The van der Waals surface area contributed by atoms with Gasteiger partial charge in [-0.15, -0.1) is 0 Å². The molecule has 0 bridgehead atoms. The van der Waals surface area contributed by atoms with Gasteiger partial charge in [-0.05, 0) is 85.0 Å². The number of ether oxygens (including phenoxy) is 3. The fourth-order valence-electron chi connectivity index (χ4n) is 5.72. The van der Waals surface area contributed by atoms with Crippen molar-refractivity contribution in [3.05, 3.63) is 70.4 Å². The first-order chi connectivity index (χ1) is 18.8. The van der Waals surface area contributed by atoms with Gasteiger partial charge in [-0.2, -0.15) is 0 Å². The molecule has 2 aromatic carbocycles. The van der Waals surface area contributed by atoms with Crippen molar-refractivity contribution in [2.75, 3.05) is 18.1 Å². The Hall–Kier alpha value is -3.39. The number of fused-ring (bicyclic) bond motifs is 2. The lowest BCUT2D eigenvalue weighted by molar-refractivity contribution is -0.134. The van der Waals surface area contributed by atoms with Gasteiger partial charge in [-0.1, -0.05) is 25.6 Å². The Morgan fingerprint density at radius 3 is 2.45 bits per heavy atom. The molecule has 1 saturated heterocycles. The number of aryl methyl sites for hydroxylation is 2. The van der Waals surface area contributed by atoms with E-state index >= 15 is 0 Å². The first-order valence-electron chi connectivity index (χ1n) is 13.5. The van der Waals surface area contributed by atoms with Crippen LogP contribution < -0.4 is 14.2 Å². The van der Waals surface area contributed by atoms with Crippen LogP contribution in [-0.4, -0.2) is 44.5 Å². The maximum Gasteiger partial charge on any atom is 0.300 e. The normalized spacial score (nSPS) is 20.6. The van der Waals surface area contributed by atoms with Crippen LogP contribution in [-0.2, 0) is 28.4 Å². The number of hydrogen-bond donors (Lipinski definition) is 1. The van der Waals surface area contributed by atoms with Crippen molar-refractivity contribution in [1.82, 2.24) is 4.98 Å². The predicted molar refractivity (Wildman–Crippen MR) is 158 cm³/mol. The Labute approximate surface area is 239 Å². The van der Waals surface area contributed by atoms with E-state index in [0.717, 1.165) is 74.2 Å². The van der Waals surface area contributed by atoms with Gasteiger partial charge in [0.05, 0.1) is 6.61 Å². The zero-order valence-corrected chi connectivity index (χ0v) is 23.5. The van der Waals surface area contributed by atoms with E-state index in [1.807, 2.05) is 12.3 Å². The molecule has 1 aromatic heterocycles. The summed E-state index contributed by atoms with van der Waals surface area (Å²) in [6.07, 6.45) is 6.61. The van der Waals surface area contributed by atoms with Gasteiger partial charge in [-0.3, -0.25) is 9.00 Å². The molecule has 3 aliphatic rings. The lowest BCUT2D eigenvalue weighted by atomic mass is 9.90. The summed E-state index contributed by atoms with van der Waals surface area (Å²) in [6, 6.07) is 12.8. The van der Waals surface area contributed by atoms with Gasteiger partial charge in [0, 0.05) is 53.5 Å². The highest BCUT2D eigenvalue weighted by atomic mass is 32.2. The summed E-state index contributed by atoms with van der Waals surface area (Å²) in [6.45, 7) is 6.14. The third-order valence-corrected chi connectivity index (χ3v) is 8.82. The molecule has 0 radical (unpaired) electrons. The maximum absolute atomic E-state index is 11.7. The molecule has 8 heteroatoms. The minimum absolute atomic E-state index is 0. The SMILES string of the molecule is C.CC(=O)O.Cc1cc(OC2CCS(=O)CC2)cc(C)c1-c1cccc2c1CCC2Oc1cc2c(cn1)CCO2. The zero-order chi connectivity index (χ0) is 27.5. The molecule has 214 valence electrons. The van der Waals surface area contributed by atoms with Crippen LogP contribution in [0.2, 0.25) is 0 Å². The average Bonchev–Trinajstić information content (AvgIpc) is 3.52. The molecule has 0 amide bonds. The molecule has 7 nitrogen and oxygen atoms in total. The lowest BCUT2D eigenvalue weighted by Gasteiger charge is -2.24. The molecule has 0 saturated carbocycles. The summed E-state index contributed by atoms with van der Waals surface area (Å²) in [4.78, 5) is 13.5. The summed E-state index contributed by atoms with van der Waals surface area (Å²) in [5.74, 6) is 3.11. The van der Waals surface area contributed by atoms with Gasteiger partial charge in [0.25, 0.3) is 5.97 Å². The van der Waals surface area contributed by atoms with E-state index in [-0.39, 0.29) is 19.6 Å². The Bertz CT molecular complexity index is 1370. The second-order valence-electron chi connectivity index (χ2n) is 10.4. The smallest absolute Gasteiger partial charge is 0.300 e. The quantitative estimate of drug-likeness (QED) is 0.383. The van der Waals surface area contributed by atoms with Gasteiger partial charge < -0.3 is 19.3 Å². The van der Waals surface area contributed by atoms with Crippen molar-refractivity contribution in [1.29, 1.82) is 0 Å². The third-order valence-electron chi connectivity index (χ3n) is 7.44. The molecule has 2 aliphatic heterocycles. The molecule has 3 heterocycles. The molecular formula is C32H39NO6S. The van der Waals surface area contributed by atoms with E-state index in [0.29, 0.717) is 5.88 Å². The number of aromatic nitrogens is 1. The standard InChI is InChI=1S/C29H31NO4S.C2H4O2.CH4/c1-18-14-22(33-21-9-12-35(31)13-10-21)15-19(2)29(18)25-5-3-4-24-23(25)6-7-26(24)34-28-16-27-20(17-30-28)8-11-32-27;1-2(3)4;/h3-5,14-17,21,26H,6-13H2,1-2H3;1H3,(H,3,4);1H4. The van der Waals surface area contributed by atoms with Crippen LogP contribution in [0.1, 0.15) is 67.5 Å². The van der Waals surface area contributed by atoms with Crippen molar-refractivity contribution >= 4 is 16.8 Å². The van der Waals surface area contributed by atoms with Crippen molar-refractivity contribution < 1.29 is 28.3 Å². The highest BCUT2D eigenvalue weighted by Crippen LogP contribution is 2.43. The second-order valence-corrected chi connectivity index (χ2v) is 12.1. The number of aliphatic carboxylic acids is 1. The van der Waals surface area contributed by atoms with Crippen LogP contribution in [0.15, 0.2) is 42.6 Å². The summed E-state index contributed by atoms with van der Waals surface area (Å²) in [5, 5.41) is 7.42. The topological polar surface area (TPSA) is 95.0 Å². The Morgan fingerprint density at radius 2 is 1.75 bits per heavy atom. The number of hydrogen-bond acceptors (Lipinski definition) is 6. The number of nitrogens with zero attached hydrogens (tertiary/aromatic N) is 1. The molecule has 1 aliphatic carbocycles. The number of benzene rings is 2. The first-order valence-corrected chi connectivity index (χ1v) is 15.0. The van der Waals surface area contributed by atoms with E-state index in [9.17, 15) is 4.21 Å². The number of carboxylic acid groups (broad SMARTS) is 1. The highest BCUT2D eigenvalue weighted by molar-refractivity contribution is 7.85. The summed E-state index contributed by atoms with van der Waals surface area (Å²) < 4.78 is 30.0. The van der Waals surface area contributed by atoms with E-state index in [4.69, 9.17) is 24.1 Å². The van der Waals surface area contributed by atoms with Crippen molar-refractivity contribution in [2.24, 2.45) is 0 Å². The Kier molecular flexibility index (Phi) is 9.51. The van der Waals surface area contributed by atoms with Crippen LogP contribution in [0.25, 0.3) is 11.1 Å². The molecule has 40 heavy (non-hydrogen) atoms. The molecule has 1 atom stereocenters. The Balaban J connectivity index is 0.000000695. The lowest BCUT2D eigenvalue weighted by Crippen LogP contribution is -2.27. The van der Waals surface area contributed by atoms with E-state index in [2.05, 4.69) is 49.2 Å². The van der Waals surface area contributed by atoms with Crippen LogP contribution in [0.3, 0.4) is 0 Å². The van der Waals surface area contributed by atoms with Gasteiger partial charge in [0.15, 0.2) is 0 Å². The maximum atomic E-state index is 11.7. The van der Waals surface area contributed by atoms with Crippen LogP contribution in [0, 0.1) is 13.8 Å². The second kappa shape index (κ2) is 12.9. The van der Waals surface area contributed by atoms with Crippen LogP contribution >= 0.6 is 0 Å². The summed E-state index contributed by atoms with van der Waals surface area (Å²) >= 11 is 0. The molecular weight excluding hydrogens is 526 g/mol.